The first-order chi connectivity index (χ1) is 8.34. The number of aromatic amines is 1. The molecule has 0 atom stereocenters. The molecule has 6 heteroatoms. The highest BCUT2D eigenvalue weighted by Crippen LogP contribution is 2.28. The standard InChI is InChI=1S/C12H17N3OS.ClH/c16-11-10(15-5-3-13-4-6-15)8-9-2-1-7-17-12(9)14-11;/h8,13H,1-7H2,(H,14,16);1H. The molecule has 4 nitrogen and oxygen atoms in total. The largest absolute Gasteiger partial charge is 0.365 e. The average Bonchev–Trinajstić information content (AvgIpc) is 2.39. The van der Waals surface area contributed by atoms with Crippen molar-refractivity contribution >= 4 is 29.9 Å². The number of nitrogens with zero attached hydrogens (tertiary/aromatic N) is 1. The molecular formula is C12H18ClN3OS. The number of aromatic nitrogens is 1. The van der Waals surface area contributed by atoms with Gasteiger partial charge in [-0.1, -0.05) is 0 Å². The van der Waals surface area contributed by atoms with Crippen LogP contribution < -0.4 is 15.8 Å². The lowest BCUT2D eigenvalue weighted by atomic mass is 10.1. The SMILES string of the molecule is Cl.O=c1[nH]c2c(cc1N1CCNCC1)CCCS2. The fraction of sp³-hybridized carbons (Fsp3) is 0.583. The zero-order chi connectivity index (χ0) is 11.7. The Labute approximate surface area is 117 Å². The summed E-state index contributed by atoms with van der Waals surface area (Å²) < 4.78 is 0. The number of thioether (sulfide) groups is 1. The molecule has 0 aliphatic carbocycles. The molecule has 0 aromatic carbocycles. The van der Waals surface area contributed by atoms with Crippen LogP contribution >= 0.6 is 24.2 Å². The van der Waals surface area contributed by atoms with E-state index in [4.69, 9.17) is 0 Å². The minimum absolute atomic E-state index is 0. The molecule has 0 bridgehead atoms. The number of hydrogen-bond donors (Lipinski definition) is 2. The van der Waals surface area contributed by atoms with Crippen LogP contribution in [-0.2, 0) is 6.42 Å². The highest BCUT2D eigenvalue weighted by Gasteiger charge is 2.18. The van der Waals surface area contributed by atoms with E-state index in [9.17, 15) is 4.79 Å². The Morgan fingerprint density at radius 3 is 2.83 bits per heavy atom. The summed E-state index contributed by atoms with van der Waals surface area (Å²) in [6.07, 6.45) is 2.31. The van der Waals surface area contributed by atoms with E-state index in [1.807, 2.05) is 0 Å². The van der Waals surface area contributed by atoms with Crippen molar-refractivity contribution in [2.75, 3.05) is 36.8 Å². The minimum atomic E-state index is 0. The summed E-state index contributed by atoms with van der Waals surface area (Å²) in [6, 6.07) is 2.10. The molecular weight excluding hydrogens is 270 g/mol. The maximum Gasteiger partial charge on any atom is 0.272 e. The molecule has 1 saturated heterocycles. The first-order valence-corrected chi connectivity index (χ1v) is 7.18. The second kappa shape index (κ2) is 5.99. The molecule has 0 spiro atoms. The zero-order valence-electron chi connectivity index (χ0n) is 10.2. The van der Waals surface area contributed by atoms with E-state index in [1.54, 1.807) is 11.8 Å². The fourth-order valence-corrected chi connectivity index (χ4v) is 3.44. The minimum Gasteiger partial charge on any atom is -0.365 e. The molecule has 1 fully saturated rings. The maximum absolute atomic E-state index is 12.1. The molecule has 2 aliphatic rings. The van der Waals surface area contributed by atoms with E-state index >= 15 is 0 Å². The molecule has 0 unspecified atom stereocenters. The molecule has 18 heavy (non-hydrogen) atoms. The van der Waals surface area contributed by atoms with E-state index in [0.717, 1.165) is 49.1 Å². The van der Waals surface area contributed by atoms with Gasteiger partial charge in [-0.05, 0) is 30.2 Å². The van der Waals surface area contributed by atoms with Crippen LogP contribution in [0.15, 0.2) is 15.9 Å². The number of pyridine rings is 1. The summed E-state index contributed by atoms with van der Waals surface area (Å²) in [5, 5.41) is 4.39. The van der Waals surface area contributed by atoms with Gasteiger partial charge in [0, 0.05) is 26.2 Å². The maximum atomic E-state index is 12.1. The van der Waals surface area contributed by atoms with Crippen LogP contribution in [0.4, 0.5) is 5.69 Å². The van der Waals surface area contributed by atoms with E-state index in [-0.39, 0.29) is 18.0 Å². The second-order valence-corrected chi connectivity index (χ2v) is 5.63. The zero-order valence-corrected chi connectivity index (χ0v) is 11.8. The number of fused-ring (bicyclic) bond motifs is 1. The summed E-state index contributed by atoms with van der Waals surface area (Å²) >= 11 is 1.77. The van der Waals surface area contributed by atoms with Crippen molar-refractivity contribution in [2.45, 2.75) is 17.9 Å². The van der Waals surface area contributed by atoms with Crippen molar-refractivity contribution < 1.29 is 0 Å². The van der Waals surface area contributed by atoms with Gasteiger partial charge < -0.3 is 15.2 Å². The Morgan fingerprint density at radius 1 is 1.28 bits per heavy atom. The predicted molar refractivity (Wildman–Crippen MR) is 78.4 cm³/mol. The van der Waals surface area contributed by atoms with E-state index in [1.165, 1.54) is 12.0 Å². The molecule has 0 radical (unpaired) electrons. The molecule has 3 rings (SSSR count). The number of hydrogen-bond acceptors (Lipinski definition) is 4. The van der Waals surface area contributed by atoms with Crippen molar-refractivity contribution in [2.24, 2.45) is 0 Å². The Hall–Kier alpha value is -0.650. The third-order valence-corrected chi connectivity index (χ3v) is 4.50. The van der Waals surface area contributed by atoms with Crippen molar-refractivity contribution in [1.82, 2.24) is 10.3 Å². The van der Waals surface area contributed by atoms with Crippen LogP contribution in [0.25, 0.3) is 0 Å². The third-order valence-electron chi connectivity index (χ3n) is 3.36. The van der Waals surface area contributed by atoms with Crippen molar-refractivity contribution in [3.63, 3.8) is 0 Å². The molecule has 0 saturated carbocycles. The van der Waals surface area contributed by atoms with Gasteiger partial charge in [0.05, 0.1) is 5.03 Å². The number of piperazine rings is 1. The fourth-order valence-electron chi connectivity index (χ4n) is 2.44. The lowest BCUT2D eigenvalue weighted by molar-refractivity contribution is 0.586. The van der Waals surface area contributed by atoms with E-state index in [2.05, 4.69) is 21.3 Å². The van der Waals surface area contributed by atoms with Crippen molar-refractivity contribution in [3.8, 4) is 0 Å². The van der Waals surface area contributed by atoms with Gasteiger partial charge in [-0.3, -0.25) is 4.79 Å². The summed E-state index contributed by atoms with van der Waals surface area (Å²) in [6.45, 7) is 3.78. The highest BCUT2D eigenvalue weighted by atomic mass is 35.5. The Bertz CT molecular complexity index is 471. The number of rotatable bonds is 1. The Morgan fingerprint density at radius 2 is 2.06 bits per heavy atom. The molecule has 0 amide bonds. The lowest BCUT2D eigenvalue weighted by Gasteiger charge is -2.29. The number of aryl methyl sites for hydroxylation is 1. The molecule has 2 aliphatic heterocycles. The summed E-state index contributed by atoms with van der Waals surface area (Å²) in [4.78, 5) is 17.3. The predicted octanol–water partition coefficient (Wildman–Crippen LogP) is 1.24. The topological polar surface area (TPSA) is 48.1 Å². The van der Waals surface area contributed by atoms with Crippen molar-refractivity contribution in [3.05, 3.63) is 22.0 Å². The number of nitrogens with one attached hydrogen (secondary N) is 2. The molecule has 1 aromatic rings. The van der Waals surface area contributed by atoms with Crippen LogP contribution in [0.5, 0.6) is 0 Å². The second-order valence-electron chi connectivity index (χ2n) is 4.53. The van der Waals surface area contributed by atoms with Gasteiger partial charge in [-0.25, -0.2) is 0 Å². The Kier molecular flexibility index (Phi) is 4.59. The van der Waals surface area contributed by atoms with Gasteiger partial charge in [-0.2, -0.15) is 0 Å². The normalized spacial score (nSPS) is 19.0. The van der Waals surface area contributed by atoms with Crippen LogP contribution in [-0.4, -0.2) is 36.9 Å². The first-order valence-electron chi connectivity index (χ1n) is 6.19. The molecule has 2 N–H and O–H groups in total. The first kappa shape index (κ1) is 13.8. The quantitative estimate of drug-likeness (QED) is 0.816. The van der Waals surface area contributed by atoms with Crippen molar-refractivity contribution in [1.29, 1.82) is 0 Å². The van der Waals surface area contributed by atoms with Crippen LogP contribution in [0.2, 0.25) is 0 Å². The summed E-state index contributed by atoms with van der Waals surface area (Å²) in [5.74, 6) is 1.12. The average molecular weight is 288 g/mol. The summed E-state index contributed by atoms with van der Waals surface area (Å²) in [7, 11) is 0. The third kappa shape index (κ3) is 2.68. The number of anilines is 1. The van der Waals surface area contributed by atoms with E-state index in [0.29, 0.717) is 0 Å². The summed E-state index contributed by atoms with van der Waals surface area (Å²) in [5.41, 5.74) is 2.24. The van der Waals surface area contributed by atoms with Gasteiger partial charge in [0.25, 0.3) is 5.56 Å². The Balaban J connectivity index is 0.00000120. The van der Waals surface area contributed by atoms with E-state index < -0.39 is 0 Å². The molecule has 3 heterocycles. The van der Waals surface area contributed by atoms with Crippen LogP contribution in [0.3, 0.4) is 0 Å². The van der Waals surface area contributed by atoms with Gasteiger partial charge in [0.15, 0.2) is 0 Å². The van der Waals surface area contributed by atoms with Gasteiger partial charge >= 0.3 is 0 Å². The van der Waals surface area contributed by atoms with Crippen LogP contribution in [0, 0.1) is 0 Å². The van der Waals surface area contributed by atoms with Gasteiger partial charge in [0.1, 0.15) is 5.69 Å². The number of H-pyrrole nitrogens is 1. The van der Waals surface area contributed by atoms with Gasteiger partial charge in [-0.15, -0.1) is 24.2 Å². The number of halogens is 1. The monoisotopic (exact) mass is 287 g/mol. The molecule has 1 aromatic heterocycles. The van der Waals surface area contributed by atoms with Crippen LogP contribution in [0.1, 0.15) is 12.0 Å². The lowest BCUT2D eigenvalue weighted by Crippen LogP contribution is -2.45. The van der Waals surface area contributed by atoms with Gasteiger partial charge in [0.2, 0.25) is 0 Å². The highest BCUT2D eigenvalue weighted by molar-refractivity contribution is 7.99. The molecule has 100 valence electrons. The smallest absolute Gasteiger partial charge is 0.272 e.